The van der Waals surface area contributed by atoms with Crippen molar-refractivity contribution in [1.82, 2.24) is 19.7 Å². The van der Waals surface area contributed by atoms with Gasteiger partial charge in [-0.3, -0.25) is 4.98 Å². The second-order valence-corrected chi connectivity index (χ2v) is 10.4. The summed E-state index contributed by atoms with van der Waals surface area (Å²) in [5.41, 5.74) is 1.62. The first kappa shape index (κ1) is 22.9. The molecule has 4 heterocycles. The Bertz CT molecular complexity index is 1530. The molecule has 4 aromatic rings. The van der Waals surface area contributed by atoms with E-state index in [-0.39, 0.29) is 30.0 Å². The van der Waals surface area contributed by atoms with Crippen molar-refractivity contribution in [2.45, 2.75) is 29.2 Å². The lowest BCUT2D eigenvalue weighted by molar-refractivity contribution is 0.0690. The molecule has 0 radical (unpaired) electrons. The number of hydrogen-bond donors (Lipinski definition) is 2. The molecule has 2 aliphatic rings. The van der Waals surface area contributed by atoms with Crippen LogP contribution in [0.15, 0.2) is 78.0 Å². The van der Waals surface area contributed by atoms with Crippen LogP contribution in [0.4, 0.5) is 10.3 Å². The van der Waals surface area contributed by atoms with Crippen LogP contribution in [-0.4, -0.2) is 60.9 Å². The van der Waals surface area contributed by atoms with Gasteiger partial charge in [0, 0.05) is 23.3 Å². The molecule has 0 aliphatic carbocycles. The number of aromatic nitrogens is 3. The van der Waals surface area contributed by atoms with Crippen LogP contribution >= 0.6 is 0 Å². The number of nitrogens with zero attached hydrogens (tertiary/aromatic N) is 3. The van der Waals surface area contributed by atoms with Gasteiger partial charge in [0.2, 0.25) is 16.0 Å². The maximum Gasteiger partial charge on any atom is 0.243 e. The van der Waals surface area contributed by atoms with Crippen LogP contribution in [0.3, 0.4) is 0 Å². The van der Waals surface area contributed by atoms with Crippen molar-refractivity contribution in [1.29, 1.82) is 0 Å². The van der Waals surface area contributed by atoms with Crippen LogP contribution in [0.25, 0.3) is 22.2 Å². The number of anilines is 1. The third-order valence-electron chi connectivity index (χ3n) is 6.34. The number of ether oxygens (including phenoxy) is 2. The topological polar surface area (TPSA) is 115 Å². The van der Waals surface area contributed by atoms with E-state index >= 15 is 0 Å². The van der Waals surface area contributed by atoms with E-state index in [1.165, 1.54) is 18.2 Å². The average Bonchev–Trinajstić information content (AvgIpc) is 3.47. The minimum Gasteiger partial charge on any atom is -0.371 e. The van der Waals surface area contributed by atoms with Gasteiger partial charge >= 0.3 is 0 Å². The Morgan fingerprint density at radius 1 is 0.889 bits per heavy atom. The van der Waals surface area contributed by atoms with Crippen molar-refractivity contribution in [3.63, 3.8) is 0 Å². The smallest absolute Gasteiger partial charge is 0.243 e. The molecule has 4 unspecified atom stereocenters. The molecule has 6 rings (SSSR count). The molecule has 2 saturated heterocycles. The van der Waals surface area contributed by atoms with Crippen molar-refractivity contribution < 1.29 is 22.3 Å². The monoisotopic (exact) mass is 507 g/mol. The van der Waals surface area contributed by atoms with Gasteiger partial charge in [-0.05, 0) is 30.3 Å². The second-order valence-electron chi connectivity index (χ2n) is 8.68. The van der Waals surface area contributed by atoms with Gasteiger partial charge in [-0.2, -0.15) is 0 Å². The Morgan fingerprint density at radius 3 is 2.53 bits per heavy atom. The summed E-state index contributed by atoms with van der Waals surface area (Å²) in [7, 11) is -3.87. The fraction of sp³-hybridized carbons (Fsp3) is 0.240. The number of para-hydroxylation sites is 1. The maximum atomic E-state index is 13.6. The third kappa shape index (κ3) is 4.30. The van der Waals surface area contributed by atoms with Gasteiger partial charge in [0.1, 0.15) is 22.9 Å². The average molecular weight is 508 g/mol. The zero-order valence-electron chi connectivity index (χ0n) is 18.9. The fourth-order valence-corrected chi connectivity index (χ4v) is 6.09. The van der Waals surface area contributed by atoms with Crippen molar-refractivity contribution in [3.8, 4) is 11.3 Å². The Hall–Kier alpha value is -3.51. The standard InChI is InChI=1S/C25H22FN5O4S/c26-17-7-1-5-16(12-17)18-9-11-28-25(29-18)30-19-13-34-24-20(14-35-23(19)24)31-36(32,33)21-8-2-4-15-6-3-10-27-22(15)21/h1-12,19-20,23-24,31H,13-14H2,(H,28,29,30). The van der Waals surface area contributed by atoms with E-state index in [2.05, 4.69) is 25.0 Å². The minimum atomic E-state index is -3.87. The van der Waals surface area contributed by atoms with Crippen molar-refractivity contribution >= 4 is 26.9 Å². The zero-order chi connectivity index (χ0) is 24.7. The lowest BCUT2D eigenvalue weighted by Crippen LogP contribution is -2.44. The highest BCUT2D eigenvalue weighted by atomic mass is 32.2. The number of pyridine rings is 1. The van der Waals surface area contributed by atoms with E-state index in [1.54, 1.807) is 42.7 Å². The Morgan fingerprint density at radius 2 is 1.67 bits per heavy atom. The molecule has 2 fully saturated rings. The number of benzene rings is 2. The van der Waals surface area contributed by atoms with Crippen LogP contribution in [0.1, 0.15) is 0 Å². The molecule has 11 heteroatoms. The molecule has 36 heavy (non-hydrogen) atoms. The van der Waals surface area contributed by atoms with E-state index in [0.29, 0.717) is 22.7 Å². The largest absolute Gasteiger partial charge is 0.371 e. The Labute approximate surface area is 206 Å². The van der Waals surface area contributed by atoms with E-state index in [0.717, 1.165) is 5.39 Å². The van der Waals surface area contributed by atoms with Crippen LogP contribution in [0.5, 0.6) is 0 Å². The van der Waals surface area contributed by atoms with Gasteiger partial charge in [-0.1, -0.05) is 30.3 Å². The molecule has 2 aromatic heterocycles. The summed E-state index contributed by atoms with van der Waals surface area (Å²) in [5, 5.41) is 3.96. The van der Waals surface area contributed by atoms with E-state index < -0.39 is 28.3 Å². The number of halogens is 1. The number of sulfonamides is 1. The summed E-state index contributed by atoms with van der Waals surface area (Å²) in [5.74, 6) is 0.000240. The summed E-state index contributed by atoms with van der Waals surface area (Å²) >= 11 is 0. The molecule has 184 valence electrons. The summed E-state index contributed by atoms with van der Waals surface area (Å²) in [6, 6.07) is 15.6. The molecule has 0 bridgehead atoms. The molecule has 0 amide bonds. The molecule has 2 aliphatic heterocycles. The Balaban J connectivity index is 1.17. The van der Waals surface area contributed by atoms with Crippen LogP contribution in [-0.2, 0) is 19.5 Å². The molecule has 0 saturated carbocycles. The van der Waals surface area contributed by atoms with Gasteiger partial charge in [-0.25, -0.2) is 27.5 Å². The molecular formula is C25H22FN5O4S. The van der Waals surface area contributed by atoms with Crippen molar-refractivity contribution in [2.75, 3.05) is 18.5 Å². The van der Waals surface area contributed by atoms with Gasteiger partial charge in [0.05, 0.1) is 36.5 Å². The lowest BCUT2D eigenvalue weighted by atomic mass is 10.1. The van der Waals surface area contributed by atoms with E-state index in [1.807, 2.05) is 12.1 Å². The second kappa shape index (κ2) is 9.17. The summed E-state index contributed by atoms with van der Waals surface area (Å²) < 4.78 is 54.7. The zero-order valence-corrected chi connectivity index (χ0v) is 19.7. The van der Waals surface area contributed by atoms with Crippen LogP contribution < -0.4 is 10.0 Å². The number of rotatable bonds is 6. The van der Waals surface area contributed by atoms with Crippen molar-refractivity contribution in [2.24, 2.45) is 0 Å². The van der Waals surface area contributed by atoms with E-state index in [4.69, 9.17) is 9.47 Å². The Kier molecular flexibility index (Phi) is 5.84. The minimum absolute atomic E-state index is 0.110. The number of fused-ring (bicyclic) bond motifs is 2. The van der Waals surface area contributed by atoms with Gasteiger partial charge in [0.15, 0.2) is 0 Å². The summed E-state index contributed by atoms with van der Waals surface area (Å²) in [4.78, 5) is 13.1. The molecular weight excluding hydrogens is 485 g/mol. The van der Waals surface area contributed by atoms with Gasteiger partial charge < -0.3 is 14.8 Å². The highest BCUT2D eigenvalue weighted by molar-refractivity contribution is 7.89. The highest BCUT2D eigenvalue weighted by Gasteiger charge is 2.49. The van der Waals surface area contributed by atoms with Crippen molar-refractivity contribution in [3.05, 3.63) is 78.9 Å². The normalized spacial score (nSPS) is 23.6. The molecule has 2 N–H and O–H groups in total. The summed E-state index contributed by atoms with van der Waals surface area (Å²) in [6.45, 7) is 0.450. The quantitative estimate of drug-likeness (QED) is 0.410. The molecule has 4 atom stereocenters. The van der Waals surface area contributed by atoms with Crippen LogP contribution in [0, 0.1) is 5.82 Å². The van der Waals surface area contributed by atoms with Crippen LogP contribution in [0.2, 0.25) is 0 Å². The SMILES string of the molecule is O=S(=O)(NC1COC2C(Nc3nccc(-c4cccc(F)c4)n3)COC12)c1cccc2cccnc12. The first-order chi connectivity index (χ1) is 17.5. The van der Waals surface area contributed by atoms with Gasteiger partial charge in [0.25, 0.3) is 0 Å². The summed E-state index contributed by atoms with van der Waals surface area (Å²) in [6.07, 6.45) is 2.28. The predicted octanol–water partition coefficient (Wildman–Crippen LogP) is 2.76. The first-order valence-corrected chi connectivity index (χ1v) is 12.9. The number of nitrogens with one attached hydrogen (secondary N) is 2. The maximum absolute atomic E-state index is 13.6. The predicted molar refractivity (Wildman–Crippen MR) is 130 cm³/mol. The number of hydrogen-bond acceptors (Lipinski definition) is 8. The fourth-order valence-electron chi connectivity index (χ4n) is 4.68. The molecule has 9 nitrogen and oxygen atoms in total. The first-order valence-electron chi connectivity index (χ1n) is 11.4. The van der Waals surface area contributed by atoms with Gasteiger partial charge in [-0.15, -0.1) is 0 Å². The van der Waals surface area contributed by atoms with E-state index in [9.17, 15) is 12.8 Å². The molecule has 2 aromatic carbocycles. The highest BCUT2D eigenvalue weighted by Crippen LogP contribution is 2.30. The third-order valence-corrected chi connectivity index (χ3v) is 7.86. The molecule has 0 spiro atoms. The lowest BCUT2D eigenvalue weighted by Gasteiger charge is -2.19.